The molecule has 1 amide bonds. The standard InChI is InChI=1S/C19H27NO5/c1-15(20(14-21)25-18-12-5-6-13-24-18)17(19(22)23)11-7-10-16-8-3-2-4-9-16/h2-4,8-9,14-15,17-18H,5-7,10-13H2,1H3,(H,22,23)/t15?,17?,18-/m0/s1. The Kier molecular flexibility index (Phi) is 7.88. The average molecular weight is 349 g/mol. The summed E-state index contributed by atoms with van der Waals surface area (Å²) in [4.78, 5) is 28.6. The second-order valence-electron chi connectivity index (χ2n) is 6.43. The first-order valence-corrected chi connectivity index (χ1v) is 8.90. The molecule has 1 aromatic rings. The molecule has 25 heavy (non-hydrogen) atoms. The maximum atomic E-state index is 11.7. The lowest BCUT2D eigenvalue weighted by molar-refractivity contribution is -0.288. The lowest BCUT2D eigenvalue weighted by Gasteiger charge is -2.33. The van der Waals surface area contributed by atoms with Crippen LogP contribution < -0.4 is 0 Å². The number of amides is 1. The van der Waals surface area contributed by atoms with E-state index in [1.54, 1.807) is 6.92 Å². The zero-order chi connectivity index (χ0) is 18.1. The maximum Gasteiger partial charge on any atom is 0.308 e. The van der Waals surface area contributed by atoms with Crippen molar-refractivity contribution in [2.75, 3.05) is 6.61 Å². The summed E-state index contributed by atoms with van der Waals surface area (Å²) < 4.78 is 5.47. The molecule has 2 rings (SSSR count). The third kappa shape index (κ3) is 6.14. The van der Waals surface area contributed by atoms with E-state index in [0.29, 0.717) is 25.9 Å². The number of carbonyl (C=O) groups excluding carboxylic acids is 1. The van der Waals surface area contributed by atoms with Crippen molar-refractivity contribution < 1.29 is 24.3 Å². The summed E-state index contributed by atoms with van der Waals surface area (Å²) >= 11 is 0. The van der Waals surface area contributed by atoms with Gasteiger partial charge in [-0.3, -0.25) is 9.59 Å². The minimum Gasteiger partial charge on any atom is -0.481 e. The molecule has 1 aliphatic heterocycles. The van der Waals surface area contributed by atoms with Gasteiger partial charge in [0, 0.05) is 13.0 Å². The molecule has 6 nitrogen and oxygen atoms in total. The highest BCUT2D eigenvalue weighted by Gasteiger charge is 2.31. The minimum atomic E-state index is -0.916. The molecule has 0 bridgehead atoms. The molecule has 1 N–H and O–H groups in total. The molecule has 0 radical (unpaired) electrons. The first-order chi connectivity index (χ1) is 12.1. The monoisotopic (exact) mass is 349 g/mol. The van der Waals surface area contributed by atoms with Gasteiger partial charge in [-0.25, -0.2) is 9.90 Å². The van der Waals surface area contributed by atoms with Gasteiger partial charge in [-0.15, -0.1) is 0 Å². The van der Waals surface area contributed by atoms with E-state index in [-0.39, 0.29) is 0 Å². The Morgan fingerprint density at radius 3 is 2.76 bits per heavy atom. The van der Waals surface area contributed by atoms with Crippen molar-refractivity contribution in [3.8, 4) is 0 Å². The van der Waals surface area contributed by atoms with E-state index in [1.807, 2.05) is 30.3 Å². The summed E-state index contributed by atoms with van der Waals surface area (Å²) in [5.41, 5.74) is 1.18. The van der Waals surface area contributed by atoms with Crippen LogP contribution in [0.1, 0.15) is 44.6 Å². The van der Waals surface area contributed by atoms with Crippen molar-refractivity contribution in [1.29, 1.82) is 0 Å². The Morgan fingerprint density at radius 2 is 2.16 bits per heavy atom. The molecule has 0 aromatic heterocycles. The second kappa shape index (κ2) is 10.2. The van der Waals surface area contributed by atoms with Crippen molar-refractivity contribution in [3.05, 3.63) is 35.9 Å². The summed E-state index contributed by atoms with van der Waals surface area (Å²) in [6.45, 7) is 2.31. The van der Waals surface area contributed by atoms with Crippen LogP contribution in [0.2, 0.25) is 0 Å². The molecular formula is C19H27NO5. The number of hydroxylamine groups is 2. The zero-order valence-electron chi connectivity index (χ0n) is 14.7. The molecule has 3 atom stereocenters. The van der Waals surface area contributed by atoms with E-state index >= 15 is 0 Å². The van der Waals surface area contributed by atoms with Crippen LogP contribution in [0.15, 0.2) is 30.3 Å². The summed E-state index contributed by atoms with van der Waals surface area (Å²) in [5, 5.41) is 10.7. The molecule has 6 heteroatoms. The van der Waals surface area contributed by atoms with Crippen LogP contribution in [0.4, 0.5) is 0 Å². The molecule has 1 saturated heterocycles. The summed E-state index contributed by atoms with van der Waals surface area (Å²) in [5.74, 6) is -1.60. The van der Waals surface area contributed by atoms with Crippen LogP contribution in [-0.2, 0) is 25.6 Å². The Bertz CT molecular complexity index is 530. The van der Waals surface area contributed by atoms with Gasteiger partial charge in [0.2, 0.25) is 6.41 Å². The lowest BCUT2D eigenvalue weighted by atomic mass is 9.93. The van der Waals surface area contributed by atoms with Crippen LogP contribution in [0.25, 0.3) is 0 Å². The molecule has 1 fully saturated rings. The molecule has 138 valence electrons. The quantitative estimate of drug-likeness (QED) is 0.519. The summed E-state index contributed by atoms with van der Waals surface area (Å²) in [6, 6.07) is 9.40. The number of carboxylic acid groups (broad SMARTS) is 1. The van der Waals surface area contributed by atoms with Gasteiger partial charge in [0.1, 0.15) is 0 Å². The highest BCUT2D eigenvalue weighted by Crippen LogP contribution is 2.22. The molecule has 1 heterocycles. The number of hydrogen-bond acceptors (Lipinski definition) is 4. The molecule has 1 aliphatic rings. The Balaban J connectivity index is 1.89. The molecular weight excluding hydrogens is 322 g/mol. The minimum absolute atomic E-state index is 0.472. The van der Waals surface area contributed by atoms with Crippen LogP contribution >= 0.6 is 0 Å². The Labute approximate surface area is 148 Å². The highest BCUT2D eigenvalue weighted by molar-refractivity contribution is 5.71. The average Bonchev–Trinajstić information content (AvgIpc) is 2.64. The fraction of sp³-hybridized carbons (Fsp3) is 0.579. The smallest absolute Gasteiger partial charge is 0.308 e. The number of aliphatic carboxylic acids is 1. The summed E-state index contributed by atoms with van der Waals surface area (Å²) in [7, 11) is 0. The van der Waals surface area contributed by atoms with Crippen LogP contribution in [0.3, 0.4) is 0 Å². The van der Waals surface area contributed by atoms with E-state index in [4.69, 9.17) is 9.57 Å². The van der Waals surface area contributed by atoms with Crippen LogP contribution in [-0.4, -0.2) is 41.5 Å². The predicted molar refractivity (Wildman–Crippen MR) is 92.5 cm³/mol. The van der Waals surface area contributed by atoms with E-state index in [2.05, 4.69) is 0 Å². The SMILES string of the molecule is CC(C(CCCc1ccccc1)C(=O)O)N(C=O)O[C@H]1CCCCO1. The third-order valence-corrected chi connectivity index (χ3v) is 4.61. The number of nitrogens with zero attached hydrogens (tertiary/aromatic N) is 1. The van der Waals surface area contributed by atoms with Gasteiger partial charge in [0.25, 0.3) is 0 Å². The fourth-order valence-corrected chi connectivity index (χ4v) is 3.07. The summed E-state index contributed by atoms with van der Waals surface area (Å²) in [6.07, 6.45) is 4.77. The Morgan fingerprint density at radius 1 is 1.40 bits per heavy atom. The molecule has 2 unspecified atom stereocenters. The number of rotatable bonds is 10. The van der Waals surface area contributed by atoms with Gasteiger partial charge in [0.05, 0.1) is 12.0 Å². The fourth-order valence-electron chi connectivity index (χ4n) is 3.07. The first-order valence-electron chi connectivity index (χ1n) is 8.90. The van der Waals surface area contributed by atoms with Crippen LogP contribution in [0.5, 0.6) is 0 Å². The predicted octanol–water partition coefficient (Wildman–Crippen LogP) is 3.02. The number of hydrogen-bond donors (Lipinski definition) is 1. The number of carbonyl (C=O) groups is 2. The zero-order valence-corrected chi connectivity index (χ0v) is 14.7. The van der Waals surface area contributed by atoms with E-state index in [9.17, 15) is 14.7 Å². The van der Waals surface area contributed by atoms with Gasteiger partial charge < -0.3 is 9.84 Å². The van der Waals surface area contributed by atoms with Gasteiger partial charge in [0.15, 0.2) is 6.29 Å². The van der Waals surface area contributed by atoms with Crippen LogP contribution in [0, 0.1) is 5.92 Å². The molecule has 1 aromatic carbocycles. The van der Waals surface area contributed by atoms with Gasteiger partial charge in [-0.05, 0) is 44.6 Å². The number of ether oxygens (including phenoxy) is 1. The van der Waals surface area contributed by atoms with Crippen molar-refractivity contribution >= 4 is 12.4 Å². The molecule has 0 aliphatic carbocycles. The van der Waals surface area contributed by atoms with E-state index < -0.39 is 24.2 Å². The van der Waals surface area contributed by atoms with Gasteiger partial charge in [-0.2, -0.15) is 0 Å². The third-order valence-electron chi connectivity index (χ3n) is 4.61. The maximum absolute atomic E-state index is 11.7. The largest absolute Gasteiger partial charge is 0.481 e. The first kappa shape index (κ1) is 19.4. The van der Waals surface area contributed by atoms with Gasteiger partial charge in [-0.1, -0.05) is 30.3 Å². The normalized spacial score (nSPS) is 19.8. The number of benzene rings is 1. The molecule has 0 spiro atoms. The molecule has 0 saturated carbocycles. The van der Waals surface area contributed by atoms with Crippen molar-refractivity contribution in [3.63, 3.8) is 0 Å². The van der Waals surface area contributed by atoms with E-state index in [1.165, 1.54) is 5.56 Å². The Hall–Kier alpha value is -1.92. The number of aryl methyl sites for hydroxylation is 1. The van der Waals surface area contributed by atoms with Crippen molar-refractivity contribution in [1.82, 2.24) is 5.06 Å². The van der Waals surface area contributed by atoms with E-state index in [0.717, 1.165) is 30.7 Å². The van der Waals surface area contributed by atoms with Crippen molar-refractivity contribution in [2.45, 2.75) is 57.8 Å². The van der Waals surface area contributed by atoms with Crippen molar-refractivity contribution in [2.24, 2.45) is 5.92 Å². The second-order valence-corrected chi connectivity index (χ2v) is 6.43. The number of carboxylic acids is 1. The highest BCUT2D eigenvalue weighted by atomic mass is 16.8. The lowest BCUT2D eigenvalue weighted by Crippen LogP contribution is -2.44. The van der Waals surface area contributed by atoms with Gasteiger partial charge >= 0.3 is 5.97 Å². The topological polar surface area (TPSA) is 76.1 Å².